The van der Waals surface area contributed by atoms with Gasteiger partial charge in [0.25, 0.3) is 0 Å². The van der Waals surface area contributed by atoms with Gasteiger partial charge in [0.1, 0.15) is 0 Å². The molecule has 0 atom stereocenters. The predicted octanol–water partition coefficient (Wildman–Crippen LogP) is 1.96. The van der Waals surface area contributed by atoms with Gasteiger partial charge >= 0.3 is 0 Å². The fourth-order valence-corrected chi connectivity index (χ4v) is 2.46. The van der Waals surface area contributed by atoms with Crippen LogP contribution in [0.3, 0.4) is 0 Å². The highest BCUT2D eigenvalue weighted by Crippen LogP contribution is 2.24. The molecular weight excluding hydrogens is 268 g/mol. The molecule has 0 aliphatic carbocycles. The van der Waals surface area contributed by atoms with Crippen molar-refractivity contribution in [2.75, 3.05) is 33.7 Å². The molecule has 16 heavy (non-hydrogen) atoms. The van der Waals surface area contributed by atoms with Crippen molar-refractivity contribution in [1.29, 1.82) is 0 Å². The molecule has 1 rings (SSSR count). The minimum atomic E-state index is -0.415. The molecule has 1 aliphatic heterocycles. The lowest BCUT2D eigenvalue weighted by Gasteiger charge is -2.35. The molecule has 0 aromatic heterocycles. The first-order valence-corrected chi connectivity index (χ1v) is 6.73. The Morgan fingerprint density at radius 1 is 1.38 bits per heavy atom. The van der Waals surface area contributed by atoms with Crippen molar-refractivity contribution < 1.29 is 4.79 Å². The first kappa shape index (κ1) is 14.0. The van der Waals surface area contributed by atoms with Gasteiger partial charge in [0.15, 0.2) is 0 Å². The van der Waals surface area contributed by atoms with Crippen molar-refractivity contribution >= 4 is 21.8 Å². The van der Waals surface area contributed by atoms with E-state index >= 15 is 0 Å². The molecule has 0 N–H and O–H groups in total. The van der Waals surface area contributed by atoms with E-state index in [2.05, 4.69) is 34.9 Å². The van der Waals surface area contributed by atoms with Crippen molar-refractivity contribution in [1.82, 2.24) is 9.80 Å². The van der Waals surface area contributed by atoms with E-state index in [4.69, 9.17) is 0 Å². The van der Waals surface area contributed by atoms with Gasteiger partial charge in [0, 0.05) is 19.6 Å². The molecule has 94 valence electrons. The number of piperidine rings is 1. The van der Waals surface area contributed by atoms with E-state index in [1.807, 2.05) is 18.7 Å². The first-order chi connectivity index (χ1) is 7.30. The molecule has 0 radical (unpaired) electrons. The second kappa shape index (κ2) is 5.50. The molecule has 0 bridgehead atoms. The highest BCUT2D eigenvalue weighted by Gasteiger charge is 2.31. The van der Waals surface area contributed by atoms with Crippen LogP contribution in [-0.2, 0) is 4.79 Å². The predicted molar refractivity (Wildman–Crippen MR) is 70.9 cm³/mol. The minimum Gasteiger partial charge on any atom is -0.341 e. The topological polar surface area (TPSA) is 23.6 Å². The Morgan fingerprint density at radius 3 is 2.25 bits per heavy atom. The molecule has 0 aromatic carbocycles. The molecule has 3 nitrogen and oxygen atoms in total. The maximum atomic E-state index is 12.0. The van der Waals surface area contributed by atoms with Crippen LogP contribution in [0.1, 0.15) is 26.7 Å². The summed E-state index contributed by atoms with van der Waals surface area (Å²) in [5.41, 5.74) is 0. The van der Waals surface area contributed by atoms with Gasteiger partial charge in [0.2, 0.25) is 5.91 Å². The average molecular weight is 291 g/mol. The van der Waals surface area contributed by atoms with Crippen LogP contribution in [-0.4, -0.2) is 53.8 Å². The number of nitrogens with zero attached hydrogens (tertiary/aromatic N) is 2. The van der Waals surface area contributed by atoms with E-state index < -0.39 is 4.32 Å². The molecule has 1 saturated heterocycles. The number of alkyl halides is 1. The number of hydrogen-bond donors (Lipinski definition) is 0. The van der Waals surface area contributed by atoms with E-state index in [0.717, 1.165) is 38.4 Å². The lowest BCUT2D eigenvalue weighted by molar-refractivity contribution is -0.134. The SMILES string of the molecule is CN(C)CC1CCN(C(=O)C(C)(C)Br)CC1. The van der Waals surface area contributed by atoms with Crippen LogP contribution in [0.25, 0.3) is 0 Å². The molecule has 1 heterocycles. The smallest absolute Gasteiger partial charge is 0.238 e. The van der Waals surface area contributed by atoms with Gasteiger partial charge < -0.3 is 9.80 Å². The number of amides is 1. The minimum absolute atomic E-state index is 0.218. The summed E-state index contributed by atoms with van der Waals surface area (Å²) in [5, 5.41) is 0. The Kier molecular flexibility index (Phi) is 4.80. The Labute approximate surface area is 107 Å². The molecule has 4 heteroatoms. The summed E-state index contributed by atoms with van der Waals surface area (Å²) >= 11 is 3.44. The van der Waals surface area contributed by atoms with Gasteiger partial charge in [0.05, 0.1) is 4.32 Å². The largest absolute Gasteiger partial charge is 0.341 e. The van der Waals surface area contributed by atoms with Crippen molar-refractivity contribution in [3.05, 3.63) is 0 Å². The summed E-state index contributed by atoms with van der Waals surface area (Å²) in [6, 6.07) is 0. The van der Waals surface area contributed by atoms with E-state index in [-0.39, 0.29) is 5.91 Å². The van der Waals surface area contributed by atoms with Crippen LogP contribution >= 0.6 is 15.9 Å². The Morgan fingerprint density at radius 2 is 1.88 bits per heavy atom. The standard InChI is InChI=1S/C12H23BrN2O/c1-12(2,13)11(16)15-7-5-10(6-8-15)9-14(3)4/h10H,5-9H2,1-4H3. The third-order valence-corrected chi connectivity index (χ3v) is 3.37. The summed E-state index contributed by atoms with van der Waals surface area (Å²) in [7, 11) is 4.22. The number of likely N-dealkylation sites (tertiary alicyclic amines) is 1. The Bertz CT molecular complexity index is 240. The zero-order valence-corrected chi connectivity index (χ0v) is 12.4. The fourth-order valence-electron chi connectivity index (χ4n) is 2.21. The number of carbonyl (C=O) groups is 1. The van der Waals surface area contributed by atoms with Crippen LogP contribution in [0.5, 0.6) is 0 Å². The normalized spacial score (nSPS) is 19.2. The summed E-state index contributed by atoms with van der Waals surface area (Å²) in [6.45, 7) is 6.79. The Balaban J connectivity index is 2.40. The average Bonchev–Trinajstić information content (AvgIpc) is 2.15. The molecule has 1 fully saturated rings. The van der Waals surface area contributed by atoms with Gasteiger partial charge in [-0.1, -0.05) is 15.9 Å². The van der Waals surface area contributed by atoms with Gasteiger partial charge in [-0.25, -0.2) is 0 Å². The second-order valence-corrected chi connectivity index (χ2v) is 7.45. The monoisotopic (exact) mass is 290 g/mol. The molecule has 0 aromatic rings. The molecule has 1 aliphatic rings. The maximum Gasteiger partial charge on any atom is 0.238 e. The maximum absolute atomic E-state index is 12.0. The zero-order valence-electron chi connectivity index (χ0n) is 10.8. The van der Waals surface area contributed by atoms with Crippen LogP contribution in [0, 0.1) is 5.92 Å². The van der Waals surface area contributed by atoms with Crippen LogP contribution in [0.4, 0.5) is 0 Å². The van der Waals surface area contributed by atoms with Gasteiger partial charge in [-0.15, -0.1) is 0 Å². The summed E-state index contributed by atoms with van der Waals surface area (Å²) in [4.78, 5) is 16.2. The summed E-state index contributed by atoms with van der Waals surface area (Å²) in [5.74, 6) is 0.966. The second-order valence-electron chi connectivity index (χ2n) is 5.47. The highest BCUT2D eigenvalue weighted by atomic mass is 79.9. The van der Waals surface area contributed by atoms with Crippen LogP contribution < -0.4 is 0 Å². The van der Waals surface area contributed by atoms with Gasteiger partial charge in [-0.3, -0.25) is 4.79 Å². The molecule has 0 spiro atoms. The first-order valence-electron chi connectivity index (χ1n) is 5.93. The third kappa shape index (κ3) is 4.06. The quantitative estimate of drug-likeness (QED) is 0.742. The van der Waals surface area contributed by atoms with Crippen LogP contribution in [0.15, 0.2) is 0 Å². The van der Waals surface area contributed by atoms with E-state index in [1.54, 1.807) is 0 Å². The van der Waals surface area contributed by atoms with E-state index in [1.165, 1.54) is 0 Å². The highest BCUT2D eigenvalue weighted by molar-refractivity contribution is 9.10. The van der Waals surface area contributed by atoms with Gasteiger partial charge in [-0.05, 0) is 46.7 Å². The van der Waals surface area contributed by atoms with Crippen molar-refractivity contribution in [3.63, 3.8) is 0 Å². The van der Waals surface area contributed by atoms with Crippen molar-refractivity contribution in [2.24, 2.45) is 5.92 Å². The lowest BCUT2D eigenvalue weighted by Crippen LogP contribution is -2.46. The number of rotatable bonds is 3. The molecule has 0 unspecified atom stereocenters. The Hall–Kier alpha value is -0.0900. The van der Waals surface area contributed by atoms with Crippen molar-refractivity contribution in [2.45, 2.75) is 31.0 Å². The van der Waals surface area contributed by atoms with Crippen molar-refractivity contribution in [3.8, 4) is 0 Å². The zero-order chi connectivity index (χ0) is 12.3. The molecule has 1 amide bonds. The summed E-state index contributed by atoms with van der Waals surface area (Å²) in [6.07, 6.45) is 2.26. The van der Waals surface area contributed by atoms with Gasteiger partial charge in [-0.2, -0.15) is 0 Å². The third-order valence-electron chi connectivity index (χ3n) is 3.03. The molecular formula is C12H23BrN2O. The number of carbonyl (C=O) groups excluding carboxylic acids is 1. The summed E-state index contributed by atoms with van der Waals surface area (Å²) < 4.78 is -0.415. The van der Waals surface area contributed by atoms with E-state index in [0.29, 0.717) is 0 Å². The number of hydrogen-bond acceptors (Lipinski definition) is 2. The number of halogens is 1. The van der Waals surface area contributed by atoms with Crippen LogP contribution in [0.2, 0.25) is 0 Å². The lowest BCUT2D eigenvalue weighted by atomic mass is 9.95. The molecule has 0 saturated carbocycles. The fraction of sp³-hybridized carbons (Fsp3) is 0.917. The van der Waals surface area contributed by atoms with E-state index in [9.17, 15) is 4.79 Å².